The molecule has 3 unspecified atom stereocenters. The summed E-state index contributed by atoms with van der Waals surface area (Å²) in [6.45, 7) is 3.94. The molecule has 0 radical (unpaired) electrons. The number of aromatic nitrogens is 2. The normalized spacial score (nSPS) is 15.7. The van der Waals surface area contributed by atoms with Crippen molar-refractivity contribution >= 4 is 28.6 Å². The van der Waals surface area contributed by atoms with Gasteiger partial charge in [-0.1, -0.05) is 87.0 Å². The summed E-state index contributed by atoms with van der Waals surface area (Å²) in [5.41, 5.74) is 10.6. The Hall–Kier alpha value is -5.24. The Balaban J connectivity index is 1.47. The van der Waals surface area contributed by atoms with E-state index in [0.717, 1.165) is 33.3 Å². The molecule has 3 atom stereocenters. The SMILES string of the molecule is CCC(C)C(C(=O)NNC(=O)c1ccncc1)N1C(=O)c2ccccc2C1c1c(-c2ccccc2)[nH]c2ccccc12. The lowest BCUT2D eigenvalue weighted by Crippen LogP contribution is -2.55. The highest BCUT2D eigenvalue weighted by atomic mass is 16.2. The molecule has 3 aromatic carbocycles. The van der Waals surface area contributed by atoms with Crippen LogP contribution in [0.3, 0.4) is 0 Å². The first-order valence-corrected chi connectivity index (χ1v) is 14.1. The zero-order valence-corrected chi connectivity index (χ0v) is 23.4. The Morgan fingerprint density at radius 2 is 1.60 bits per heavy atom. The van der Waals surface area contributed by atoms with E-state index in [1.54, 1.807) is 17.0 Å². The zero-order chi connectivity index (χ0) is 29.2. The number of hydrogen-bond acceptors (Lipinski definition) is 4. The molecule has 2 aromatic heterocycles. The lowest BCUT2D eigenvalue weighted by Gasteiger charge is -2.36. The fourth-order valence-corrected chi connectivity index (χ4v) is 5.85. The Morgan fingerprint density at radius 3 is 2.36 bits per heavy atom. The van der Waals surface area contributed by atoms with E-state index in [2.05, 4.69) is 20.8 Å². The summed E-state index contributed by atoms with van der Waals surface area (Å²) in [5, 5.41) is 0.977. The molecule has 0 spiro atoms. The molecule has 8 heteroatoms. The van der Waals surface area contributed by atoms with E-state index in [1.165, 1.54) is 12.4 Å². The van der Waals surface area contributed by atoms with Crippen LogP contribution < -0.4 is 10.9 Å². The van der Waals surface area contributed by atoms with Crippen LogP contribution in [0, 0.1) is 5.92 Å². The quantitative estimate of drug-likeness (QED) is 0.225. The minimum Gasteiger partial charge on any atom is -0.354 e. The number of pyridine rings is 1. The fraction of sp³-hybridized carbons (Fsp3) is 0.176. The van der Waals surface area contributed by atoms with Crippen LogP contribution in [0.1, 0.15) is 58.2 Å². The van der Waals surface area contributed by atoms with Gasteiger partial charge in [0.1, 0.15) is 6.04 Å². The molecule has 3 heterocycles. The minimum atomic E-state index is -0.866. The highest BCUT2D eigenvalue weighted by molar-refractivity contribution is 6.05. The molecule has 1 aliphatic heterocycles. The summed E-state index contributed by atoms with van der Waals surface area (Å²) in [6.07, 6.45) is 3.66. The molecule has 0 aliphatic carbocycles. The number of carbonyl (C=O) groups is 3. The Labute approximate surface area is 243 Å². The molecule has 0 saturated heterocycles. The molecule has 8 nitrogen and oxygen atoms in total. The van der Waals surface area contributed by atoms with E-state index in [4.69, 9.17) is 0 Å². The van der Waals surface area contributed by atoms with Gasteiger partial charge in [-0.25, -0.2) is 0 Å². The van der Waals surface area contributed by atoms with Crippen molar-refractivity contribution in [1.29, 1.82) is 0 Å². The van der Waals surface area contributed by atoms with Gasteiger partial charge < -0.3 is 9.88 Å². The van der Waals surface area contributed by atoms with E-state index in [-0.39, 0.29) is 11.8 Å². The van der Waals surface area contributed by atoms with Gasteiger partial charge in [-0.2, -0.15) is 0 Å². The van der Waals surface area contributed by atoms with Gasteiger partial charge in [0, 0.05) is 40.0 Å². The first kappa shape index (κ1) is 27.0. The first-order chi connectivity index (χ1) is 20.5. The molecule has 6 rings (SSSR count). The van der Waals surface area contributed by atoms with Crippen molar-refractivity contribution in [3.63, 3.8) is 0 Å². The van der Waals surface area contributed by atoms with Gasteiger partial charge in [0.05, 0.1) is 11.7 Å². The topological polar surface area (TPSA) is 107 Å². The van der Waals surface area contributed by atoms with Gasteiger partial charge in [-0.3, -0.25) is 30.2 Å². The number of nitrogens with zero attached hydrogens (tertiary/aromatic N) is 2. The van der Waals surface area contributed by atoms with E-state index in [1.807, 2.05) is 92.7 Å². The van der Waals surface area contributed by atoms with Crippen LogP contribution in [0.5, 0.6) is 0 Å². The molecular formula is C34H31N5O3. The van der Waals surface area contributed by atoms with Gasteiger partial charge in [0.15, 0.2) is 0 Å². The van der Waals surface area contributed by atoms with Crippen molar-refractivity contribution in [2.24, 2.45) is 5.92 Å². The third kappa shape index (κ3) is 4.71. The maximum atomic E-state index is 14.3. The van der Waals surface area contributed by atoms with E-state index >= 15 is 0 Å². The number of amides is 3. The van der Waals surface area contributed by atoms with E-state index in [0.29, 0.717) is 17.5 Å². The van der Waals surface area contributed by atoms with Crippen molar-refractivity contribution < 1.29 is 14.4 Å². The number of carbonyl (C=O) groups excluding carboxylic acids is 3. The van der Waals surface area contributed by atoms with Crippen LogP contribution in [0.15, 0.2) is 103 Å². The van der Waals surface area contributed by atoms with Crippen molar-refractivity contribution in [2.75, 3.05) is 0 Å². The van der Waals surface area contributed by atoms with Gasteiger partial charge in [-0.15, -0.1) is 0 Å². The van der Waals surface area contributed by atoms with Crippen LogP contribution in [0.2, 0.25) is 0 Å². The summed E-state index contributed by atoms with van der Waals surface area (Å²) in [4.78, 5) is 50.2. The summed E-state index contributed by atoms with van der Waals surface area (Å²) in [5.74, 6) is -1.36. The molecule has 3 amide bonds. The molecule has 0 bridgehead atoms. The van der Waals surface area contributed by atoms with Crippen LogP contribution in [-0.4, -0.2) is 38.6 Å². The number of para-hydroxylation sites is 1. The second kappa shape index (κ2) is 11.3. The highest BCUT2D eigenvalue weighted by Crippen LogP contribution is 2.47. The second-order valence-electron chi connectivity index (χ2n) is 10.5. The minimum absolute atomic E-state index is 0.214. The highest BCUT2D eigenvalue weighted by Gasteiger charge is 2.47. The van der Waals surface area contributed by atoms with Crippen molar-refractivity contribution in [2.45, 2.75) is 32.4 Å². The molecule has 5 aromatic rings. The number of fused-ring (bicyclic) bond motifs is 2. The van der Waals surface area contributed by atoms with Crippen molar-refractivity contribution in [3.8, 4) is 11.3 Å². The van der Waals surface area contributed by atoms with Crippen LogP contribution >= 0.6 is 0 Å². The molecule has 3 N–H and O–H groups in total. The van der Waals surface area contributed by atoms with Crippen molar-refractivity contribution in [1.82, 2.24) is 25.7 Å². The van der Waals surface area contributed by atoms with Gasteiger partial charge in [-0.05, 0) is 41.3 Å². The first-order valence-electron chi connectivity index (χ1n) is 14.1. The summed E-state index contributed by atoms with van der Waals surface area (Å²) in [7, 11) is 0. The van der Waals surface area contributed by atoms with Crippen LogP contribution in [0.25, 0.3) is 22.2 Å². The number of H-pyrrole nitrogens is 1. The number of rotatable bonds is 7. The maximum Gasteiger partial charge on any atom is 0.269 e. The Kier molecular flexibility index (Phi) is 7.27. The Bertz CT molecular complexity index is 1770. The summed E-state index contributed by atoms with van der Waals surface area (Å²) < 4.78 is 0. The number of benzene rings is 3. The molecule has 1 aliphatic rings. The number of nitrogens with one attached hydrogen (secondary N) is 3. The van der Waals surface area contributed by atoms with Crippen LogP contribution in [0.4, 0.5) is 0 Å². The predicted molar refractivity (Wildman–Crippen MR) is 161 cm³/mol. The summed E-state index contributed by atoms with van der Waals surface area (Å²) >= 11 is 0. The zero-order valence-electron chi connectivity index (χ0n) is 23.4. The monoisotopic (exact) mass is 557 g/mol. The van der Waals surface area contributed by atoms with Gasteiger partial charge in [0.2, 0.25) is 0 Å². The van der Waals surface area contributed by atoms with Gasteiger partial charge in [0.25, 0.3) is 17.7 Å². The largest absolute Gasteiger partial charge is 0.354 e. The standard InChI is InChI=1S/C34H31N5O3/c1-3-21(2)30(33(41)38-37-32(40)23-17-19-35-20-18-23)39-31(24-13-7-8-14-25(24)34(39)42)28-26-15-9-10-16-27(26)36-29(28)22-11-5-4-6-12-22/h4-21,30-31,36H,3H2,1-2H3,(H,37,40)(H,38,41). The maximum absolute atomic E-state index is 14.3. The lowest BCUT2D eigenvalue weighted by atomic mass is 9.90. The molecule has 0 fully saturated rings. The number of hydrogen-bond donors (Lipinski definition) is 3. The third-order valence-corrected chi connectivity index (χ3v) is 8.07. The second-order valence-corrected chi connectivity index (χ2v) is 10.5. The van der Waals surface area contributed by atoms with Gasteiger partial charge >= 0.3 is 0 Å². The number of aromatic amines is 1. The molecular weight excluding hydrogens is 526 g/mol. The average Bonchev–Trinajstić information content (AvgIpc) is 3.55. The predicted octanol–water partition coefficient (Wildman–Crippen LogP) is 5.65. The molecule has 210 valence electrons. The fourth-order valence-electron chi connectivity index (χ4n) is 5.85. The summed E-state index contributed by atoms with van der Waals surface area (Å²) in [6, 6.07) is 27.3. The van der Waals surface area contributed by atoms with E-state index < -0.39 is 23.9 Å². The molecule has 0 saturated carbocycles. The van der Waals surface area contributed by atoms with Crippen molar-refractivity contribution in [3.05, 3.63) is 126 Å². The average molecular weight is 558 g/mol. The van der Waals surface area contributed by atoms with Crippen LogP contribution in [-0.2, 0) is 4.79 Å². The number of hydrazine groups is 1. The smallest absolute Gasteiger partial charge is 0.269 e. The molecule has 42 heavy (non-hydrogen) atoms. The van der Waals surface area contributed by atoms with E-state index in [9.17, 15) is 14.4 Å². The lowest BCUT2D eigenvalue weighted by molar-refractivity contribution is -0.128. The Morgan fingerprint density at radius 1 is 0.905 bits per heavy atom. The third-order valence-electron chi connectivity index (χ3n) is 8.07.